The Morgan fingerprint density at radius 3 is 2.86 bits per heavy atom. The van der Waals surface area contributed by atoms with Crippen molar-refractivity contribution < 1.29 is 4.79 Å². The minimum Gasteiger partial charge on any atom is -0.329 e. The van der Waals surface area contributed by atoms with Gasteiger partial charge in [-0.25, -0.2) is 4.98 Å². The number of likely N-dealkylation sites (tertiary alicyclic amines) is 1. The number of aryl methyl sites for hydroxylation is 2. The largest absolute Gasteiger partial charge is 0.329 e. The van der Waals surface area contributed by atoms with Crippen molar-refractivity contribution in [3.63, 3.8) is 0 Å². The van der Waals surface area contributed by atoms with Gasteiger partial charge in [-0.2, -0.15) is 5.10 Å². The van der Waals surface area contributed by atoms with Crippen LogP contribution in [0.1, 0.15) is 47.2 Å². The molecule has 0 N–H and O–H groups in total. The van der Waals surface area contributed by atoms with Crippen molar-refractivity contribution in [2.45, 2.75) is 32.2 Å². The van der Waals surface area contributed by atoms with Crippen LogP contribution in [0, 0.1) is 6.92 Å². The number of carbonyl (C=O) groups excluding carboxylic acids is 1. The van der Waals surface area contributed by atoms with Gasteiger partial charge in [0.2, 0.25) is 0 Å². The summed E-state index contributed by atoms with van der Waals surface area (Å²) in [5, 5.41) is 4.24. The fourth-order valence-electron chi connectivity index (χ4n) is 3.00. The van der Waals surface area contributed by atoms with E-state index < -0.39 is 0 Å². The first-order chi connectivity index (χ1) is 10.2. The number of aromatic nitrogens is 3. The highest BCUT2D eigenvalue weighted by Gasteiger charge is 2.30. The number of pyridine rings is 1. The average molecular weight is 284 g/mol. The van der Waals surface area contributed by atoms with Crippen molar-refractivity contribution in [1.29, 1.82) is 0 Å². The minimum absolute atomic E-state index is 0.0181. The fourth-order valence-corrected chi connectivity index (χ4v) is 3.00. The number of hydrogen-bond acceptors (Lipinski definition) is 3. The quantitative estimate of drug-likeness (QED) is 0.851. The highest BCUT2D eigenvalue weighted by atomic mass is 16.2. The average Bonchev–Trinajstić information content (AvgIpc) is 2.92. The fraction of sp³-hybridized carbons (Fsp3) is 0.438. The molecule has 0 saturated carbocycles. The van der Waals surface area contributed by atoms with Crippen LogP contribution in [0.5, 0.6) is 0 Å². The number of piperidine rings is 1. The Balaban J connectivity index is 1.91. The standard InChI is InChI=1S/C16H20N4O/c1-12-6-5-7-13(18-12)16(21)20-11-4-3-8-15(20)14-9-10-17-19(14)2/h5-7,9-10,15H,3-4,8,11H2,1-2H3/t15-/m1/s1. The Morgan fingerprint density at radius 1 is 1.29 bits per heavy atom. The molecular formula is C16H20N4O. The summed E-state index contributed by atoms with van der Waals surface area (Å²) in [5.74, 6) is 0.0181. The molecule has 0 aromatic carbocycles. The van der Waals surface area contributed by atoms with Gasteiger partial charge in [0.15, 0.2) is 0 Å². The Morgan fingerprint density at radius 2 is 2.14 bits per heavy atom. The maximum atomic E-state index is 12.8. The lowest BCUT2D eigenvalue weighted by Crippen LogP contribution is -2.39. The first-order valence-electron chi connectivity index (χ1n) is 7.39. The first-order valence-corrected chi connectivity index (χ1v) is 7.39. The third-order valence-electron chi connectivity index (χ3n) is 4.07. The van der Waals surface area contributed by atoms with Gasteiger partial charge >= 0.3 is 0 Å². The van der Waals surface area contributed by atoms with Gasteiger partial charge in [-0.3, -0.25) is 9.48 Å². The summed E-state index contributed by atoms with van der Waals surface area (Å²) in [6.07, 6.45) is 4.96. The number of amides is 1. The van der Waals surface area contributed by atoms with E-state index in [2.05, 4.69) is 10.1 Å². The van der Waals surface area contributed by atoms with Gasteiger partial charge in [0.05, 0.1) is 11.7 Å². The molecule has 1 aliphatic rings. The van der Waals surface area contributed by atoms with Gasteiger partial charge < -0.3 is 4.90 Å². The minimum atomic E-state index is 0.0181. The Bertz CT molecular complexity index is 649. The molecule has 2 aromatic rings. The lowest BCUT2D eigenvalue weighted by atomic mass is 9.98. The molecule has 1 atom stereocenters. The van der Waals surface area contributed by atoms with E-state index in [0.29, 0.717) is 5.69 Å². The number of carbonyl (C=O) groups is 1. The van der Waals surface area contributed by atoms with E-state index in [1.807, 2.05) is 41.8 Å². The maximum Gasteiger partial charge on any atom is 0.273 e. The Kier molecular flexibility index (Phi) is 3.73. The lowest BCUT2D eigenvalue weighted by Gasteiger charge is -2.35. The molecule has 5 nitrogen and oxygen atoms in total. The molecule has 21 heavy (non-hydrogen) atoms. The van der Waals surface area contributed by atoms with Gasteiger partial charge in [-0.15, -0.1) is 0 Å². The van der Waals surface area contributed by atoms with E-state index in [0.717, 1.165) is 37.2 Å². The smallest absolute Gasteiger partial charge is 0.273 e. The van der Waals surface area contributed by atoms with Gasteiger partial charge in [0.25, 0.3) is 5.91 Å². The molecule has 3 heterocycles. The van der Waals surface area contributed by atoms with E-state index in [9.17, 15) is 4.79 Å². The molecule has 0 spiro atoms. The van der Waals surface area contributed by atoms with Crippen LogP contribution in [-0.2, 0) is 7.05 Å². The third kappa shape index (κ3) is 2.68. The van der Waals surface area contributed by atoms with Gasteiger partial charge in [-0.05, 0) is 44.4 Å². The van der Waals surface area contributed by atoms with Crippen LogP contribution < -0.4 is 0 Å². The molecular weight excluding hydrogens is 264 g/mol. The van der Waals surface area contributed by atoms with E-state index in [4.69, 9.17) is 0 Å². The molecule has 3 rings (SSSR count). The predicted molar refractivity (Wildman–Crippen MR) is 79.8 cm³/mol. The second-order valence-corrected chi connectivity index (χ2v) is 5.55. The molecule has 0 radical (unpaired) electrons. The first kappa shape index (κ1) is 13.8. The summed E-state index contributed by atoms with van der Waals surface area (Å²) in [6, 6.07) is 7.69. The summed E-state index contributed by atoms with van der Waals surface area (Å²) in [7, 11) is 1.93. The highest BCUT2D eigenvalue weighted by Crippen LogP contribution is 2.31. The van der Waals surface area contributed by atoms with Crippen LogP contribution >= 0.6 is 0 Å². The molecule has 1 saturated heterocycles. The van der Waals surface area contributed by atoms with Crippen molar-refractivity contribution >= 4 is 5.91 Å². The summed E-state index contributed by atoms with van der Waals surface area (Å²) in [6.45, 7) is 2.69. The van der Waals surface area contributed by atoms with Crippen LogP contribution in [0.4, 0.5) is 0 Å². The number of hydrogen-bond donors (Lipinski definition) is 0. The molecule has 5 heteroatoms. The maximum absolute atomic E-state index is 12.8. The molecule has 110 valence electrons. The van der Waals surface area contributed by atoms with Crippen LogP contribution in [0.2, 0.25) is 0 Å². The van der Waals surface area contributed by atoms with E-state index in [1.165, 1.54) is 0 Å². The van der Waals surface area contributed by atoms with Crippen molar-refractivity contribution in [3.8, 4) is 0 Å². The Hall–Kier alpha value is -2.17. The third-order valence-corrected chi connectivity index (χ3v) is 4.07. The van der Waals surface area contributed by atoms with Crippen molar-refractivity contribution in [3.05, 3.63) is 47.5 Å². The zero-order valence-corrected chi connectivity index (χ0v) is 12.5. The van der Waals surface area contributed by atoms with E-state index >= 15 is 0 Å². The topological polar surface area (TPSA) is 51.0 Å². The van der Waals surface area contributed by atoms with Crippen molar-refractivity contribution in [1.82, 2.24) is 19.7 Å². The van der Waals surface area contributed by atoms with Crippen LogP contribution in [0.25, 0.3) is 0 Å². The zero-order valence-electron chi connectivity index (χ0n) is 12.5. The lowest BCUT2D eigenvalue weighted by molar-refractivity contribution is 0.0595. The SMILES string of the molecule is Cc1cccc(C(=O)N2CCCC[C@@H]2c2ccnn2C)n1. The Labute approximate surface area is 124 Å². The molecule has 1 amide bonds. The molecule has 1 fully saturated rings. The number of rotatable bonds is 2. The van der Waals surface area contributed by atoms with E-state index in [1.54, 1.807) is 12.3 Å². The van der Waals surface area contributed by atoms with Crippen molar-refractivity contribution in [2.24, 2.45) is 7.05 Å². The van der Waals surface area contributed by atoms with Gasteiger partial charge in [0, 0.05) is 25.5 Å². The second-order valence-electron chi connectivity index (χ2n) is 5.55. The summed E-state index contributed by atoms with van der Waals surface area (Å²) >= 11 is 0. The summed E-state index contributed by atoms with van der Waals surface area (Å²) in [4.78, 5) is 19.1. The second kappa shape index (κ2) is 5.68. The number of nitrogens with zero attached hydrogens (tertiary/aromatic N) is 4. The molecule has 0 unspecified atom stereocenters. The normalized spacial score (nSPS) is 18.8. The molecule has 0 bridgehead atoms. The van der Waals surface area contributed by atoms with Crippen LogP contribution in [-0.4, -0.2) is 32.1 Å². The molecule has 0 aliphatic carbocycles. The summed E-state index contributed by atoms with van der Waals surface area (Å²) < 4.78 is 1.86. The highest BCUT2D eigenvalue weighted by molar-refractivity contribution is 5.92. The van der Waals surface area contributed by atoms with Gasteiger partial charge in [-0.1, -0.05) is 6.07 Å². The molecule has 2 aromatic heterocycles. The van der Waals surface area contributed by atoms with E-state index in [-0.39, 0.29) is 11.9 Å². The predicted octanol–water partition coefficient (Wildman–Crippen LogP) is 2.49. The monoisotopic (exact) mass is 284 g/mol. The van der Waals surface area contributed by atoms with Crippen molar-refractivity contribution in [2.75, 3.05) is 6.54 Å². The van der Waals surface area contributed by atoms with Crippen LogP contribution in [0.3, 0.4) is 0 Å². The summed E-state index contributed by atoms with van der Waals surface area (Å²) in [5.41, 5.74) is 2.50. The zero-order chi connectivity index (χ0) is 14.8. The van der Waals surface area contributed by atoms with Gasteiger partial charge in [0.1, 0.15) is 5.69 Å². The van der Waals surface area contributed by atoms with Crippen LogP contribution in [0.15, 0.2) is 30.5 Å². The molecule has 1 aliphatic heterocycles.